The Morgan fingerprint density at radius 1 is 0.652 bits per heavy atom. The lowest BCUT2D eigenvalue weighted by atomic mass is 9.91. The van der Waals surface area contributed by atoms with Gasteiger partial charge in [-0.3, -0.25) is 0 Å². The van der Waals surface area contributed by atoms with Gasteiger partial charge in [-0.25, -0.2) is 4.79 Å². The van der Waals surface area contributed by atoms with Gasteiger partial charge in [0.2, 0.25) is 0 Å². The van der Waals surface area contributed by atoms with Gasteiger partial charge in [-0.1, -0.05) is 54.6 Å². The summed E-state index contributed by atoms with van der Waals surface area (Å²) in [6, 6.07) is 18.6. The molecule has 0 aliphatic rings. The van der Waals surface area contributed by atoms with E-state index in [4.69, 9.17) is 0 Å². The van der Waals surface area contributed by atoms with Crippen LogP contribution in [0.3, 0.4) is 0 Å². The minimum atomic E-state index is -1.02. The Morgan fingerprint density at radius 2 is 1.17 bits per heavy atom. The normalized spacial score (nSPS) is 10.4. The van der Waals surface area contributed by atoms with E-state index in [9.17, 15) is 20.1 Å². The average molecular weight is 306 g/mol. The lowest BCUT2D eigenvalue weighted by molar-refractivity contribution is 0.0697. The molecule has 0 heterocycles. The zero-order valence-electron chi connectivity index (χ0n) is 12.1. The fraction of sp³-hybridized carbons (Fsp3) is 0. The number of phenolic OH excluding ortho intramolecular Hbond substituents is 2. The summed E-state index contributed by atoms with van der Waals surface area (Å²) in [4.78, 5) is 11.5. The summed E-state index contributed by atoms with van der Waals surface area (Å²) in [6.07, 6.45) is 0. The van der Waals surface area contributed by atoms with Gasteiger partial charge in [-0.2, -0.15) is 0 Å². The van der Waals surface area contributed by atoms with Crippen LogP contribution in [0.5, 0.6) is 11.5 Å². The van der Waals surface area contributed by atoms with Crippen molar-refractivity contribution in [2.75, 3.05) is 0 Å². The van der Waals surface area contributed by atoms with Crippen molar-refractivity contribution in [2.45, 2.75) is 0 Å². The van der Waals surface area contributed by atoms with Gasteiger partial charge >= 0.3 is 5.97 Å². The first kappa shape index (κ1) is 14.7. The van der Waals surface area contributed by atoms with Crippen LogP contribution >= 0.6 is 0 Å². The first-order valence-corrected chi connectivity index (χ1v) is 7.02. The fourth-order valence-corrected chi connectivity index (χ4v) is 2.61. The maximum atomic E-state index is 11.5. The monoisotopic (exact) mass is 306 g/mol. The highest BCUT2D eigenvalue weighted by molar-refractivity contribution is 5.99. The zero-order chi connectivity index (χ0) is 16.4. The van der Waals surface area contributed by atoms with E-state index in [-0.39, 0.29) is 17.1 Å². The Morgan fingerprint density at radius 3 is 1.83 bits per heavy atom. The molecule has 0 aliphatic carbocycles. The van der Waals surface area contributed by atoms with E-state index in [2.05, 4.69) is 0 Å². The number of aromatic carboxylic acids is 1. The molecule has 0 aliphatic heterocycles. The third kappa shape index (κ3) is 2.62. The highest BCUT2D eigenvalue weighted by Crippen LogP contribution is 2.41. The summed E-state index contributed by atoms with van der Waals surface area (Å²) in [5.41, 5.74) is 2.50. The molecule has 0 saturated carbocycles. The molecular formula is C19H14O4. The van der Waals surface area contributed by atoms with Crippen molar-refractivity contribution in [3.63, 3.8) is 0 Å². The number of hydrogen-bond acceptors (Lipinski definition) is 3. The predicted octanol–water partition coefficient (Wildman–Crippen LogP) is 4.13. The Hall–Kier alpha value is -3.27. The first-order valence-electron chi connectivity index (χ1n) is 7.02. The Balaban J connectivity index is 2.28. The molecule has 114 valence electrons. The van der Waals surface area contributed by atoms with Gasteiger partial charge in [0.05, 0.1) is 5.56 Å². The summed E-state index contributed by atoms with van der Waals surface area (Å²) >= 11 is 0. The van der Waals surface area contributed by atoms with Gasteiger partial charge < -0.3 is 15.3 Å². The van der Waals surface area contributed by atoms with E-state index < -0.39 is 5.97 Å². The molecule has 3 aromatic carbocycles. The average Bonchev–Trinajstić information content (AvgIpc) is 2.57. The molecule has 4 nitrogen and oxygen atoms in total. The molecule has 0 saturated heterocycles. The topological polar surface area (TPSA) is 77.8 Å². The van der Waals surface area contributed by atoms with E-state index in [0.717, 1.165) is 0 Å². The number of hydrogen-bond donors (Lipinski definition) is 3. The van der Waals surface area contributed by atoms with E-state index in [0.29, 0.717) is 22.3 Å². The third-order valence-corrected chi connectivity index (χ3v) is 3.68. The molecule has 0 radical (unpaired) electrons. The van der Waals surface area contributed by atoms with Crippen LogP contribution in [0.2, 0.25) is 0 Å². The van der Waals surface area contributed by atoms with Crippen LogP contribution in [0.1, 0.15) is 10.4 Å². The molecule has 0 aromatic heterocycles. The molecule has 0 bridgehead atoms. The highest BCUT2D eigenvalue weighted by atomic mass is 16.4. The van der Waals surface area contributed by atoms with Crippen LogP contribution in [0.15, 0.2) is 66.7 Å². The molecule has 0 unspecified atom stereocenters. The number of phenols is 2. The number of rotatable bonds is 3. The van der Waals surface area contributed by atoms with Crippen molar-refractivity contribution in [2.24, 2.45) is 0 Å². The Bertz CT molecular complexity index is 884. The molecule has 3 aromatic rings. The Kier molecular flexibility index (Phi) is 3.73. The zero-order valence-corrected chi connectivity index (χ0v) is 12.1. The van der Waals surface area contributed by atoms with Gasteiger partial charge in [0.1, 0.15) is 0 Å². The maximum absolute atomic E-state index is 11.5. The predicted molar refractivity (Wildman–Crippen MR) is 87.6 cm³/mol. The van der Waals surface area contributed by atoms with Crippen molar-refractivity contribution in [3.8, 4) is 33.8 Å². The number of carboxylic acid groups (broad SMARTS) is 1. The first-order chi connectivity index (χ1) is 11.1. The number of para-hydroxylation sites is 1. The van der Waals surface area contributed by atoms with Crippen LogP contribution in [-0.2, 0) is 0 Å². The lowest BCUT2D eigenvalue weighted by Crippen LogP contribution is -1.99. The van der Waals surface area contributed by atoms with E-state index in [1.54, 1.807) is 54.6 Å². The number of aromatic hydroxyl groups is 2. The maximum Gasteiger partial charge on any atom is 0.336 e. The second kappa shape index (κ2) is 5.85. The quantitative estimate of drug-likeness (QED) is 0.636. The molecule has 23 heavy (non-hydrogen) atoms. The summed E-state index contributed by atoms with van der Waals surface area (Å²) in [5, 5.41) is 29.3. The van der Waals surface area contributed by atoms with E-state index >= 15 is 0 Å². The number of carboxylic acids is 1. The van der Waals surface area contributed by atoms with Gasteiger partial charge in [0.25, 0.3) is 0 Å². The van der Waals surface area contributed by atoms with Gasteiger partial charge in [-0.05, 0) is 28.8 Å². The summed E-state index contributed by atoms with van der Waals surface area (Å²) in [6.45, 7) is 0. The molecule has 0 amide bonds. The summed E-state index contributed by atoms with van der Waals surface area (Å²) in [5.74, 6) is -1.47. The molecule has 0 fully saturated rings. The number of carbonyl (C=O) groups is 1. The fourth-order valence-electron chi connectivity index (χ4n) is 2.61. The molecule has 3 N–H and O–H groups in total. The highest BCUT2D eigenvalue weighted by Gasteiger charge is 2.17. The van der Waals surface area contributed by atoms with Crippen LogP contribution < -0.4 is 0 Å². The van der Waals surface area contributed by atoms with Gasteiger partial charge in [0.15, 0.2) is 11.5 Å². The van der Waals surface area contributed by atoms with Gasteiger partial charge in [-0.15, -0.1) is 0 Å². The lowest BCUT2D eigenvalue weighted by Gasteiger charge is -2.13. The Labute approximate surface area is 132 Å². The second-order valence-electron chi connectivity index (χ2n) is 5.07. The number of benzene rings is 3. The van der Waals surface area contributed by atoms with Crippen LogP contribution in [0.4, 0.5) is 0 Å². The van der Waals surface area contributed by atoms with Crippen LogP contribution in [0.25, 0.3) is 22.3 Å². The smallest absolute Gasteiger partial charge is 0.336 e. The summed E-state index contributed by atoms with van der Waals surface area (Å²) < 4.78 is 0. The van der Waals surface area contributed by atoms with Crippen molar-refractivity contribution in [1.82, 2.24) is 0 Å². The minimum Gasteiger partial charge on any atom is -0.504 e. The van der Waals surface area contributed by atoms with Crippen molar-refractivity contribution >= 4 is 5.97 Å². The minimum absolute atomic E-state index is 0.180. The summed E-state index contributed by atoms with van der Waals surface area (Å²) in [7, 11) is 0. The molecule has 4 heteroatoms. The molecule has 3 rings (SSSR count). The third-order valence-electron chi connectivity index (χ3n) is 3.68. The SMILES string of the molecule is O=C(O)c1ccccc1-c1ccccc1-c1cccc(O)c1O. The van der Waals surface area contributed by atoms with Crippen LogP contribution in [0, 0.1) is 0 Å². The van der Waals surface area contributed by atoms with Crippen LogP contribution in [-0.4, -0.2) is 21.3 Å². The molecular weight excluding hydrogens is 292 g/mol. The van der Waals surface area contributed by atoms with Crippen molar-refractivity contribution < 1.29 is 20.1 Å². The van der Waals surface area contributed by atoms with Crippen molar-refractivity contribution in [3.05, 3.63) is 72.3 Å². The van der Waals surface area contributed by atoms with Crippen molar-refractivity contribution in [1.29, 1.82) is 0 Å². The second-order valence-corrected chi connectivity index (χ2v) is 5.07. The van der Waals surface area contributed by atoms with E-state index in [1.165, 1.54) is 12.1 Å². The molecule has 0 spiro atoms. The van der Waals surface area contributed by atoms with Gasteiger partial charge in [0, 0.05) is 5.56 Å². The molecule has 0 atom stereocenters. The standard InChI is InChI=1S/C19H14O4/c20-17-11-5-10-15(18(17)21)13-7-2-1-6-12(13)14-8-3-4-9-16(14)19(22)23/h1-11,20-21H,(H,22,23). The van der Waals surface area contributed by atoms with E-state index in [1.807, 2.05) is 0 Å². The largest absolute Gasteiger partial charge is 0.504 e.